The highest BCUT2D eigenvalue weighted by molar-refractivity contribution is 7.99. The molecule has 0 saturated carbocycles. The van der Waals surface area contributed by atoms with E-state index in [4.69, 9.17) is 0 Å². The molecule has 0 aliphatic carbocycles. The fraction of sp³-hybridized carbons (Fsp3) is 0.167. The van der Waals surface area contributed by atoms with Crippen LogP contribution in [0.15, 0.2) is 60.7 Å². The average Bonchev–Trinajstić information content (AvgIpc) is 3.03. The van der Waals surface area contributed by atoms with Crippen LogP contribution in [0.25, 0.3) is 6.08 Å². The Balaban J connectivity index is 1.75. The zero-order chi connectivity index (χ0) is 15.4. The topological polar surface area (TPSA) is 20.3 Å². The number of rotatable bonds is 3. The number of amides is 1. The minimum Gasteiger partial charge on any atom is -0.322 e. The zero-order valence-corrected chi connectivity index (χ0v) is 12.8. The second-order valence-electron chi connectivity index (χ2n) is 5.05. The molecule has 3 rings (SSSR count). The van der Waals surface area contributed by atoms with Crippen molar-refractivity contribution in [1.82, 2.24) is 4.90 Å². The maximum Gasteiger partial charge on any atom is 0.247 e. The highest BCUT2D eigenvalue weighted by Gasteiger charge is 2.29. The van der Waals surface area contributed by atoms with E-state index in [-0.39, 0.29) is 17.1 Å². The second kappa shape index (κ2) is 6.79. The number of benzene rings is 2. The molecular weight excluding hydrogens is 297 g/mol. The van der Waals surface area contributed by atoms with E-state index in [1.807, 2.05) is 42.5 Å². The molecule has 2 aromatic rings. The molecule has 0 bridgehead atoms. The van der Waals surface area contributed by atoms with Gasteiger partial charge in [0.1, 0.15) is 11.2 Å². The summed E-state index contributed by atoms with van der Waals surface area (Å²) in [6.45, 7) is 0.684. The minimum atomic E-state index is -0.266. The number of carbonyl (C=O) groups is 1. The third-order valence-electron chi connectivity index (χ3n) is 3.53. The average molecular weight is 313 g/mol. The molecule has 2 aromatic carbocycles. The molecule has 4 heteroatoms. The van der Waals surface area contributed by atoms with Crippen LogP contribution in [0.3, 0.4) is 0 Å². The van der Waals surface area contributed by atoms with Crippen LogP contribution in [0.4, 0.5) is 4.39 Å². The molecule has 22 heavy (non-hydrogen) atoms. The first kappa shape index (κ1) is 14.9. The molecule has 0 radical (unpaired) electrons. The van der Waals surface area contributed by atoms with Crippen LogP contribution in [-0.4, -0.2) is 23.1 Å². The van der Waals surface area contributed by atoms with Gasteiger partial charge in [-0.15, -0.1) is 11.8 Å². The highest BCUT2D eigenvalue weighted by Crippen LogP contribution is 2.38. The SMILES string of the molecule is O=C(C=Cc1ccccc1)N1CCSC1c1cccc(F)c1. The molecule has 0 N–H and O–H groups in total. The Morgan fingerprint density at radius 3 is 2.77 bits per heavy atom. The van der Waals surface area contributed by atoms with Gasteiger partial charge in [0.15, 0.2) is 0 Å². The standard InChI is InChI=1S/C18H16FNOS/c19-16-8-4-7-15(13-16)18-20(11-12-22-18)17(21)10-9-14-5-2-1-3-6-14/h1-10,13,18H,11-12H2. The van der Waals surface area contributed by atoms with Gasteiger partial charge < -0.3 is 4.90 Å². The van der Waals surface area contributed by atoms with E-state index in [0.717, 1.165) is 16.9 Å². The third-order valence-corrected chi connectivity index (χ3v) is 4.79. The number of hydrogen-bond acceptors (Lipinski definition) is 2. The van der Waals surface area contributed by atoms with Crippen LogP contribution in [0.1, 0.15) is 16.5 Å². The van der Waals surface area contributed by atoms with Gasteiger partial charge in [-0.3, -0.25) is 4.79 Å². The lowest BCUT2D eigenvalue weighted by molar-refractivity contribution is -0.126. The Bertz CT molecular complexity index is 686. The molecule has 112 valence electrons. The van der Waals surface area contributed by atoms with Crippen molar-refractivity contribution in [2.45, 2.75) is 5.37 Å². The minimum absolute atomic E-state index is 0.0388. The van der Waals surface area contributed by atoms with Crippen LogP contribution in [0.2, 0.25) is 0 Å². The van der Waals surface area contributed by atoms with Gasteiger partial charge >= 0.3 is 0 Å². The fourth-order valence-electron chi connectivity index (χ4n) is 2.46. The summed E-state index contributed by atoms with van der Waals surface area (Å²) in [5, 5.41) is -0.108. The van der Waals surface area contributed by atoms with E-state index >= 15 is 0 Å². The van der Waals surface area contributed by atoms with Crippen LogP contribution >= 0.6 is 11.8 Å². The summed E-state index contributed by atoms with van der Waals surface area (Å²) in [5.41, 5.74) is 1.83. The molecule has 1 heterocycles. The Morgan fingerprint density at radius 1 is 1.18 bits per heavy atom. The van der Waals surface area contributed by atoms with Crippen molar-refractivity contribution in [2.24, 2.45) is 0 Å². The predicted molar refractivity (Wildman–Crippen MR) is 88.8 cm³/mol. The van der Waals surface area contributed by atoms with E-state index in [1.54, 1.807) is 28.8 Å². The molecule has 1 aliphatic heterocycles. The summed E-state index contributed by atoms with van der Waals surface area (Å²) >= 11 is 1.67. The van der Waals surface area contributed by atoms with E-state index in [1.165, 1.54) is 12.1 Å². The molecular formula is C18H16FNOS. The van der Waals surface area contributed by atoms with Gasteiger partial charge in [0.25, 0.3) is 0 Å². The van der Waals surface area contributed by atoms with Crippen LogP contribution < -0.4 is 0 Å². The first-order valence-corrected chi connectivity index (χ1v) is 8.20. The monoisotopic (exact) mass is 313 g/mol. The van der Waals surface area contributed by atoms with E-state index in [2.05, 4.69) is 0 Å². The summed E-state index contributed by atoms with van der Waals surface area (Å²) < 4.78 is 13.4. The molecule has 1 aliphatic rings. The smallest absolute Gasteiger partial charge is 0.247 e. The van der Waals surface area contributed by atoms with E-state index in [9.17, 15) is 9.18 Å². The normalized spacial score (nSPS) is 18.0. The molecule has 0 aromatic heterocycles. The molecule has 1 atom stereocenters. The molecule has 1 amide bonds. The Hall–Kier alpha value is -2.07. The number of carbonyl (C=O) groups excluding carboxylic acids is 1. The van der Waals surface area contributed by atoms with Crippen molar-refractivity contribution in [3.8, 4) is 0 Å². The van der Waals surface area contributed by atoms with Crippen LogP contribution in [0.5, 0.6) is 0 Å². The predicted octanol–water partition coefficient (Wildman–Crippen LogP) is 4.11. The second-order valence-corrected chi connectivity index (χ2v) is 6.24. The molecule has 1 unspecified atom stereocenters. The first-order chi connectivity index (χ1) is 10.7. The number of halogens is 1. The van der Waals surface area contributed by atoms with Gasteiger partial charge in [-0.05, 0) is 29.3 Å². The van der Waals surface area contributed by atoms with Gasteiger partial charge in [0, 0.05) is 18.4 Å². The maximum absolute atomic E-state index is 13.4. The molecule has 0 spiro atoms. The van der Waals surface area contributed by atoms with Gasteiger partial charge in [0.2, 0.25) is 5.91 Å². The van der Waals surface area contributed by atoms with Crippen LogP contribution in [0, 0.1) is 5.82 Å². The number of thioether (sulfide) groups is 1. The number of nitrogens with zero attached hydrogens (tertiary/aromatic N) is 1. The Morgan fingerprint density at radius 2 is 2.00 bits per heavy atom. The van der Waals surface area contributed by atoms with Crippen molar-refractivity contribution in [3.05, 3.63) is 77.6 Å². The lowest BCUT2D eigenvalue weighted by Gasteiger charge is -2.22. The first-order valence-electron chi connectivity index (χ1n) is 7.15. The lowest BCUT2D eigenvalue weighted by Crippen LogP contribution is -2.28. The lowest BCUT2D eigenvalue weighted by atomic mass is 10.2. The fourth-order valence-corrected chi connectivity index (χ4v) is 3.71. The summed E-state index contributed by atoms with van der Waals surface area (Å²) in [5.74, 6) is 0.562. The summed E-state index contributed by atoms with van der Waals surface area (Å²) in [7, 11) is 0. The quantitative estimate of drug-likeness (QED) is 0.795. The van der Waals surface area contributed by atoms with E-state index in [0.29, 0.717) is 6.54 Å². The Kier molecular flexibility index (Phi) is 4.59. The summed E-state index contributed by atoms with van der Waals surface area (Å²) in [4.78, 5) is 14.2. The molecule has 2 nitrogen and oxygen atoms in total. The van der Waals surface area contributed by atoms with E-state index < -0.39 is 0 Å². The van der Waals surface area contributed by atoms with Crippen molar-refractivity contribution >= 4 is 23.7 Å². The number of hydrogen-bond donors (Lipinski definition) is 0. The molecule has 1 saturated heterocycles. The van der Waals surface area contributed by atoms with Crippen molar-refractivity contribution in [1.29, 1.82) is 0 Å². The molecule has 1 fully saturated rings. The van der Waals surface area contributed by atoms with Crippen molar-refractivity contribution in [3.63, 3.8) is 0 Å². The van der Waals surface area contributed by atoms with Gasteiger partial charge in [-0.25, -0.2) is 4.39 Å². The van der Waals surface area contributed by atoms with Crippen molar-refractivity contribution < 1.29 is 9.18 Å². The van der Waals surface area contributed by atoms with Gasteiger partial charge in [-0.1, -0.05) is 42.5 Å². The summed E-state index contributed by atoms with van der Waals surface area (Å²) in [6.07, 6.45) is 3.40. The van der Waals surface area contributed by atoms with Gasteiger partial charge in [0.05, 0.1) is 0 Å². The largest absolute Gasteiger partial charge is 0.322 e. The van der Waals surface area contributed by atoms with Crippen LogP contribution in [-0.2, 0) is 4.79 Å². The summed E-state index contributed by atoms with van der Waals surface area (Å²) in [6, 6.07) is 16.2. The third kappa shape index (κ3) is 3.39. The Labute approximate surface area is 133 Å². The van der Waals surface area contributed by atoms with Gasteiger partial charge in [-0.2, -0.15) is 0 Å². The highest BCUT2D eigenvalue weighted by atomic mass is 32.2. The zero-order valence-electron chi connectivity index (χ0n) is 12.0. The maximum atomic E-state index is 13.4. The van der Waals surface area contributed by atoms with Crippen molar-refractivity contribution in [2.75, 3.05) is 12.3 Å².